The summed E-state index contributed by atoms with van der Waals surface area (Å²) in [6, 6.07) is 10.9. The van der Waals surface area contributed by atoms with E-state index in [9.17, 15) is 14.4 Å². The van der Waals surface area contributed by atoms with Crippen LogP contribution in [0.4, 0.5) is 14.4 Å². The van der Waals surface area contributed by atoms with E-state index < -0.39 is 113 Å². The number of likely N-dealkylation sites (tertiary alicyclic amines) is 2. The minimum atomic E-state index is -1.13. The molecule has 11 nitrogen and oxygen atoms in total. The van der Waals surface area contributed by atoms with Crippen LogP contribution in [0.1, 0.15) is 93.1 Å². The number of carbonyl (C=O) groups excluding carboxylic acids is 3. The molecule has 4 aliphatic rings. The van der Waals surface area contributed by atoms with Crippen LogP contribution in [0.5, 0.6) is 0 Å². The van der Waals surface area contributed by atoms with Crippen molar-refractivity contribution in [3.63, 3.8) is 0 Å². The molecular weight excluding hydrogens is 955 g/mol. The summed E-state index contributed by atoms with van der Waals surface area (Å²) in [4.78, 5) is 42.4. The molecule has 4 heterocycles. The molecular formula is C34H58B35N4O7. The first kappa shape index (κ1) is 77.2. The molecule has 4 unspecified atom stereocenters. The van der Waals surface area contributed by atoms with Gasteiger partial charge in [-0.15, -0.1) is 0 Å². The second-order valence-electron chi connectivity index (χ2n) is 23.3. The van der Waals surface area contributed by atoms with Gasteiger partial charge in [-0.3, -0.25) is 0 Å². The normalized spacial score (nSPS) is 17.6. The second-order valence-corrected chi connectivity index (χ2v) is 23.3. The van der Waals surface area contributed by atoms with Crippen LogP contribution in [0.15, 0.2) is 30.3 Å². The zero-order valence-electron chi connectivity index (χ0n) is 47.9. The van der Waals surface area contributed by atoms with Gasteiger partial charge in [0, 0.05) is 300 Å². The fourth-order valence-electron chi connectivity index (χ4n) is 11.6. The van der Waals surface area contributed by atoms with E-state index in [0.29, 0.717) is 25.2 Å². The Morgan fingerprint density at radius 2 is 0.900 bits per heavy atom. The topological polar surface area (TPSA) is 121 Å². The predicted molar refractivity (Wildman–Crippen MR) is 376 cm³/mol. The number of amides is 3. The molecule has 80 heavy (non-hydrogen) atoms. The van der Waals surface area contributed by atoms with Gasteiger partial charge in [0.2, 0.25) is 0 Å². The first-order chi connectivity index (χ1) is 36.7. The highest BCUT2D eigenvalue weighted by molar-refractivity contribution is 8.30. The molecule has 4 aliphatic heterocycles. The zero-order chi connectivity index (χ0) is 60.4. The highest BCUT2D eigenvalue weighted by Crippen LogP contribution is 2.32. The molecule has 37 radical (unpaired) electrons. The van der Waals surface area contributed by atoms with E-state index >= 15 is 0 Å². The average Bonchev–Trinajstić information content (AvgIpc) is 3.82. The van der Waals surface area contributed by atoms with Gasteiger partial charge in [-0.2, -0.15) is 0 Å². The van der Waals surface area contributed by atoms with Crippen molar-refractivity contribution in [1.82, 2.24) is 20.0 Å². The second kappa shape index (κ2) is 36.4. The van der Waals surface area contributed by atoms with E-state index in [1.807, 2.05) is 81.7 Å². The third-order valence-electron chi connectivity index (χ3n) is 14.9. The Bertz CT molecular complexity index is 1890. The Labute approximate surface area is 515 Å². The summed E-state index contributed by atoms with van der Waals surface area (Å²) in [5.74, 6) is 0. The Kier molecular flexibility index (Phi) is 35.1. The molecule has 4 atom stereocenters. The quantitative estimate of drug-likeness (QED) is 0.110. The molecule has 3 amide bonds. The molecule has 4 fully saturated rings. The summed E-state index contributed by atoms with van der Waals surface area (Å²) in [6.45, 7) is 14.3. The first-order valence-corrected chi connectivity index (χ1v) is 27.3. The standard InChI is InChI=1S/C20H28N2O4.C12H22N2O2.CH4O.CH4.B35/c1-20(2,3)26-18(23)21-12-11-16-9-10-17(13-21)22(16)19(24)25-14-15-7-5-4-6-8-15;1-12(2,3)16-11(15)14-7-6-9-4-5-10(8-14)13-9;1-2;;1-19-28(18)33(29(20(2)3)21(4)5)35(32(26(14)15)27(16)17)34(30(22(6)7)23(8)9)31(24(10)11)25(12)13/h4-8,16-17H,9-14H2,1-3H3;9-10,13H,4-8H2,1-3H3;2H,1H3;1H4;. The maximum Gasteiger partial charge on any atom is 0.410 e. The van der Waals surface area contributed by atoms with Gasteiger partial charge < -0.3 is 39.3 Å². The minimum absolute atomic E-state index is 0. The van der Waals surface area contributed by atoms with Crippen molar-refractivity contribution in [1.29, 1.82) is 0 Å². The molecule has 2 N–H and O–H groups in total. The highest BCUT2D eigenvalue weighted by Gasteiger charge is 2.55. The predicted octanol–water partition coefficient (Wildman–Crippen LogP) is -7.54. The summed E-state index contributed by atoms with van der Waals surface area (Å²) >= 11 is 0. The van der Waals surface area contributed by atoms with E-state index in [2.05, 4.69) is 5.32 Å². The van der Waals surface area contributed by atoms with Gasteiger partial charge in [-0.25, -0.2) is 14.4 Å². The maximum atomic E-state index is 12.7. The Balaban J connectivity index is 0.000000621. The van der Waals surface area contributed by atoms with Crippen molar-refractivity contribution in [2.45, 2.75) is 129 Å². The number of ether oxygens (including phenoxy) is 3. The Morgan fingerprint density at radius 1 is 0.525 bits per heavy atom. The molecule has 46 heteroatoms. The SMILES string of the molecule is C.CC(C)(C)OC(=O)N1CCC2CCC(C1)N2.CC(C)(C)OC(=O)N1CCC2CCC(C1)N2C(=O)OCc1ccccc1.CO.[B][B]B([B])B(B(B([B])[B])B([B])[B])B(B(B([B])[B])B([B])[B])B(B(B([B])[B])B([B])[B])B(B([B])[B])B([B])[B]. The summed E-state index contributed by atoms with van der Waals surface area (Å²) < 4.78 is 16.4. The summed E-state index contributed by atoms with van der Waals surface area (Å²) in [5, 5.41) is 10.6. The van der Waals surface area contributed by atoms with Crippen LogP contribution in [0.2, 0.25) is 0 Å². The molecule has 1 aromatic rings. The molecule has 0 saturated carbocycles. The van der Waals surface area contributed by atoms with Crippen molar-refractivity contribution in [2.24, 2.45) is 0 Å². The minimum Gasteiger partial charge on any atom is -0.445 e. The summed E-state index contributed by atoms with van der Waals surface area (Å²) in [7, 11) is 113. The van der Waals surface area contributed by atoms with Crippen molar-refractivity contribution in [3.8, 4) is 0 Å². The van der Waals surface area contributed by atoms with Crippen LogP contribution < -0.4 is 5.32 Å². The number of aliphatic hydroxyl groups excluding tert-OH is 1. The van der Waals surface area contributed by atoms with Crippen LogP contribution in [-0.2, 0) is 20.8 Å². The molecule has 0 aromatic heterocycles. The lowest BCUT2D eigenvalue weighted by atomic mass is 8.29. The van der Waals surface area contributed by atoms with Gasteiger partial charge >= 0.3 is 18.3 Å². The molecule has 5 rings (SSSR count). The van der Waals surface area contributed by atoms with E-state index in [0.717, 1.165) is 51.4 Å². The molecule has 0 aliphatic carbocycles. The number of carbonyl (C=O) groups is 3. The number of nitrogens with zero attached hydrogens (tertiary/aromatic N) is 3. The zero-order valence-corrected chi connectivity index (χ0v) is 47.9. The van der Waals surface area contributed by atoms with Crippen molar-refractivity contribution >= 4 is 267 Å². The Hall–Kier alpha value is -0.777. The number of benzene rings is 1. The van der Waals surface area contributed by atoms with E-state index in [-0.39, 0.29) is 44.4 Å². The molecule has 361 valence electrons. The fourth-order valence-corrected chi connectivity index (χ4v) is 11.6. The van der Waals surface area contributed by atoms with Gasteiger partial charge in [0.15, 0.2) is 0 Å². The maximum absolute atomic E-state index is 12.7. The van der Waals surface area contributed by atoms with Crippen LogP contribution in [0, 0.1) is 0 Å². The van der Waals surface area contributed by atoms with E-state index in [1.54, 1.807) is 4.90 Å². The number of rotatable bonds is 18. The third-order valence-corrected chi connectivity index (χ3v) is 14.9. The third kappa shape index (κ3) is 24.2. The van der Waals surface area contributed by atoms with Gasteiger partial charge in [-0.05, 0) is 85.6 Å². The first-order valence-electron chi connectivity index (χ1n) is 27.3. The molecule has 1 aromatic carbocycles. The van der Waals surface area contributed by atoms with Gasteiger partial charge in [-0.1, -0.05) is 37.8 Å². The van der Waals surface area contributed by atoms with Gasteiger partial charge in [0.25, 0.3) is 0 Å². The van der Waals surface area contributed by atoms with Crippen LogP contribution >= 0.6 is 0 Å². The summed E-state index contributed by atoms with van der Waals surface area (Å²) in [6.07, 6.45) is -11.0. The molecule has 4 saturated heterocycles. The summed E-state index contributed by atoms with van der Waals surface area (Å²) in [5.41, 5.74) is 0.0606. The lowest BCUT2D eigenvalue weighted by Gasteiger charge is -2.52. The number of hydrogen-bond acceptors (Lipinski definition) is 8. The number of fused-ring (bicyclic) bond motifs is 4. The highest BCUT2D eigenvalue weighted by atomic mass is 16.6. The van der Waals surface area contributed by atoms with Gasteiger partial charge in [0.05, 0.1) is 6.04 Å². The molecule has 4 bridgehead atoms. The lowest BCUT2D eigenvalue weighted by Crippen LogP contribution is -2.90. The van der Waals surface area contributed by atoms with Crippen molar-refractivity contribution in [2.75, 3.05) is 33.3 Å². The monoisotopic (exact) mass is 1020 g/mol. The fraction of sp³-hybridized carbons (Fsp3) is 0.735. The van der Waals surface area contributed by atoms with Crippen LogP contribution in [-0.4, -0.2) is 355 Å². The number of nitrogens with one attached hydrogen (secondary N) is 1. The van der Waals surface area contributed by atoms with Crippen LogP contribution in [0.25, 0.3) is 0 Å². The molecule has 0 spiro atoms. The van der Waals surface area contributed by atoms with Crippen molar-refractivity contribution < 1.29 is 33.7 Å². The lowest BCUT2D eigenvalue weighted by molar-refractivity contribution is 0.0223. The Morgan fingerprint density at radius 3 is 1.31 bits per heavy atom. The number of aliphatic hydroxyl groups is 1. The van der Waals surface area contributed by atoms with E-state index in [1.165, 1.54) is 19.9 Å². The largest absolute Gasteiger partial charge is 0.445 e. The average molecular weight is 1010 g/mol. The van der Waals surface area contributed by atoms with E-state index in [4.69, 9.17) is 159 Å². The van der Waals surface area contributed by atoms with Gasteiger partial charge in [0.1, 0.15) is 17.8 Å². The van der Waals surface area contributed by atoms with Crippen LogP contribution in [0.3, 0.4) is 0 Å². The smallest absolute Gasteiger partial charge is 0.410 e. The number of hydrogen-bond donors (Lipinski definition) is 2. The van der Waals surface area contributed by atoms with Crippen molar-refractivity contribution in [3.05, 3.63) is 35.9 Å².